The van der Waals surface area contributed by atoms with Crippen molar-refractivity contribution in [3.05, 3.63) is 70.2 Å². The van der Waals surface area contributed by atoms with Crippen LogP contribution in [0.4, 0.5) is 8.78 Å². The summed E-state index contributed by atoms with van der Waals surface area (Å²) < 4.78 is 31.6. The second kappa shape index (κ2) is 8.02. The lowest BCUT2D eigenvalue weighted by Gasteiger charge is -2.14. The number of carbonyl (C=O) groups is 2. The molecule has 2 rings (SSSR count). The predicted molar refractivity (Wildman–Crippen MR) is 85.9 cm³/mol. The summed E-state index contributed by atoms with van der Waals surface area (Å²) in [6.07, 6.45) is -1.03. The minimum Gasteiger partial charge on any atom is -0.458 e. The van der Waals surface area contributed by atoms with Crippen LogP contribution in [0.15, 0.2) is 42.5 Å². The number of rotatable bonds is 6. The van der Waals surface area contributed by atoms with Gasteiger partial charge in [0.05, 0.1) is 6.42 Å². The van der Waals surface area contributed by atoms with Crippen molar-refractivity contribution in [2.24, 2.45) is 0 Å². The SMILES string of the molecule is CC(OC(=O)CCC(=O)c1ccc(Cl)cc1)c1ccc(F)cc1F. The average molecular weight is 353 g/mol. The van der Waals surface area contributed by atoms with Gasteiger partial charge in [-0.2, -0.15) is 0 Å². The lowest BCUT2D eigenvalue weighted by Crippen LogP contribution is -2.12. The molecule has 3 nitrogen and oxygen atoms in total. The van der Waals surface area contributed by atoms with E-state index in [1.807, 2.05) is 0 Å². The number of Topliss-reactive ketones (excluding diaryl/α,β-unsaturated/α-hetero) is 1. The van der Waals surface area contributed by atoms with Crippen molar-refractivity contribution in [3.8, 4) is 0 Å². The third-order valence-electron chi connectivity index (χ3n) is 3.43. The van der Waals surface area contributed by atoms with Crippen LogP contribution in [-0.2, 0) is 9.53 Å². The highest BCUT2D eigenvalue weighted by Crippen LogP contribution is 2.22. The quantitative estimate of drug-likeness (QED) is 0.549. The summed E-state index contributed by atoms with van der Waals surface area (Å²) >= 11 is 5.74. The van der Waals surface area contributed by atoms with Crippen LogP contribution < -0.4 is 0 Å². The molecule has 0 heterocycles. The standard InChI is InChI=1S/C18H15ClF2O3/c1-11(15-7-6-14(20)10-16(15)21)24-18(23)9-8-17(22)12-2-4-13(19)5-3-12/h2-7,10-11H,8-9H2,1H3. The molecule has 6 heteroatoms. The first-order chi connectivity index (χ1) is 11.4. The van der Waals surface area contributed by atoms with E-state index in [1.54, 1.807) is 24.3 Å². The Morgan fingerprint density at radius 1 is 1.08 bits per heavy atom. The lowest BCUT2D eigenvalue weighted by molar-refractivity contribution is -0.148. The molecule has 1 atom stereocenters. The first-order valence-electron chi connectivity index (χ1n) is 7.30. The van der Waals surface area contributed by atoms with Crippen LogP contribution in [0.2, 0.25) is 5.02 Å². The average Bonchev–Trinajstić information content (AvgIpc) is 2.53. The molecular weight excluding hydrogens is 338 g/mol. The molecule has 0 aliphatic rings. The van der Waals surface area contributed by atoms with Crippen LogP contribution in [0, 0.1) is 11.6 Å². The molecular formula is C18H15ClF2O3. The molecule has 2 aromatic rings. The fourth-order valence-corrected chi connectivity index (χ4v) is 2.27. The Labute approximate surface area is 143 Å². The van der Waals surface area contributed by atoms with Gasteiger partial charge in [0, 0.05) is 28.6 Å². The Kier molecular flexibility index (Phi) is 6.04. The van der Waals surface area contributed by atoms with Gasteiger partial charge in [0.2, 0.25) is 0 Å². The fourth-order valence-electron chi connectivity index (χ4n) is 2.15. The number of ether oxygens (including phenoxy) is 1. The van der Waals surface area contributed by atoms with Crippen LogP contribution in [0.3, 0.4) is 0 Å². The second-order valence-electron chi connectivity index (χ2n) is 5.23. The van der Waals surface area contributed by atoms with Crippen molar-refractivity contribution in [2.75, 3.05) is 0 Å². The fraction of sp³-hybridized carbons (Fsp3) is 0.222. The number of hydrogen-bond donors (Lipinski definition) is 0. The number of hydrogen-bond acceptors (Lipinski definition) is 3. The van der Waals surface area contributed by atoms with E-state index in [-0.39, 0.29) is 24.2 Å². The molecule has 0 spiro atoms. The Hall–Kier alpha value is -2.27. The van der Waals surface area contributed by atoms with Crippen molar-refractivity contribution in [1.29, 1.82) is 0 Å². The molecule has 0 radical (unpaired) electrons. The molecule has 1 unspecified atom stereocenters. The van der Waals surface area contributed by atoms with Crippen LogP contribution in [0.25, 0.3) is 0 Å². The Morgan fingerprint density at radius 2 is 1.75 bits per heavy atom. The zero-order valence-electron chi connectivity index (χ0n) is 12.9. The molecule has 0 aliphatic heterocycles. The Bertz CT molecular complexity index is 744. The maximum Gasteiger partial charge on any atom is 0.306 e. The van der Waals surface area contributed by atoms with E-state index < -0.39 is 23.7 Å². The summed E-state index contributed by atoms with van der Waals surface area (Å²) in [5, 5.41) is 0.515. The van der Waals surface area contributed by atoms with Gasteiger partial charge in [0.15, 0.2) is 5.78 Å². The van der Waals surface area contributed by atoms with Gasteiger partial charge in [-0.25, -0.2) is 8.78 Å². The van der Waals surface area contributed by atoms with E-state index in [4.69, 9.17) is 16.3 Å². The summed E-state index contributed by atoms with van der Waals surface area (Å²) in [6.45, 7) is 1.48. The van der Waals surface area contributed by atoms with Crippen LogP contribution in [0.5, 0.6) is 0 Å². The van der Waals surface area contributed by atoms with Gasteiger partial charge in [-0.3, -0.25) is 9.59 Å². The molecule has 0 N–H and O–H groups in total. The van der Waals surface area contributed by atoms with Gasteiger partial charge in [-0.1, -0.05) is 11.6 Å². The zero-order valence-corrected chi connectivity index (χ0v) is 13.6. The van der Waals surface area contributed by atoms with E-state index >= 15 is 0 Å². The van der Waals surface area contributed by atoms with Crippen molar-refractivity contribution < 1.29 is 23.1 Å². The summed E-state index contributed by atoms with van der Waals surface area (Å²) in [5.41, 5.74) is 0.526. The highest BCUT2D eigenvalue weighted by Gasteiger charge is 2.17. The van der Waals surface area contributed by atoms with Gasteiger partial charge in [-0.15, -0.1) is 0 Å². The highest BCUT2D eigenvalue weighted by atomic mass is 35.5. The van der Waals surface area contributed by atoms with Gasteiger partial charge >= 0.3 is 5.97 Å². The van der Waals surface area contributed by atoms with Crippen LogP contribution in [-0.4, -0.2) is 11.8 Å². The smallest absolute Gasteiger partial charge is 0.306 e. The number of ketones is 1. The van der Waals surface area contributed by atoms with Gasteiger partial charge in [0.25, 0.3) is 0 Å². The third kappa shape index (κ3) is 4.86. The van der Waals surface area contributed by atoms with Gasteiger partial charge in [0.1, 0.15) is 17.7 Å². The molecule has 2 aromatic carbocycles. The molecule has 0 amide bonds. The summed E-state index contributed by atoms with van der Waals surface area (Å²) in [4.78, 5) is 23.8. The monoisotopic (exact) mass is 352 g/mol. The summed E-state index contributed by atoms with van der Waals surface area (Å²) in [5.74, 6) is -2.34. The molecule has 0 saturated heterocycles. The molecule has 126 valence electrons. The normalized spacial score (nSPS) is 11.8. The Morgan fingerprint density at radius 3 is 2.38 bits per heavy atom. The Balaban J connectivity index is 1.88. The van der Waals surface area contributed by atoms with E-state index in [1.165, 1.54) is 13.0 Å². The second-order valence-corrected chi connectivity index (χ2v) is 5.66. The number of carbonyl (C=O) groups excluding carboxylic acids is 2. The maximum atomic E-state index is 13.6. The maximum absolute atomic E-state index is 13.6. The topological polar surface area (TPSA) is 43.4 Å². The predicted octanol–water partition coefficient (Wildman–Crippen LogP) is 4.89. The van der Waals surface area contributed by atoms with Crippen LogP contribution in [0.1, 0.15) is 41.8 Å². The molecule has 0 bridgehead atoms. The first-order valence-corrected chi connectivity index (χ1v) is 7.68. The highest BCUT2D eigenvalue weighted by molar-refractivity contribution is 6.30. The van der Waals surface area contributed by atoms with Gasteiger partial charge < -0.3 is 4.74 Å². The zero-order chi connectivity index (χ0) is 17.7. The van der Waals surface area contributed by atoms with E-state index in [0.717, 1.165) is 12.1 Å². The largest absolute Gasteiger partial charge is 0.458 e. The number of benzene rings is 2. The molecule has 0 saturated carbocycles. The van der Waals surface area contributed by atoms with Crippen LogP contribution >= 0.6 is 11.6 Å². The minimum atomic E-state index is -0.872. The molecule has 0 fully saturated rings. The molecule has 0 aromatic heterocycles. The van der Waals surface area contributed by atoms with E-state index in [0.29, 0.717) is 10.6 Å². The van der Waals surface area contributed by atoms with Crippen molar-refractivity contribution >= 4 is 23.4 Å². The molecule has 0 aliphatic carbocycles. The third-order valence-corrected chi connectivity index (χ3v) is 3.68. The molecule has 24 heavy (non-hydrogen) atoms. The first kappa shape index (κ1) is 18.1. The number of esters is 1. The van der Waals surface area contributed by atoms with Crippen molar-refractivity contribution in [3.63, 3.8) is 0 Å². The van der Waals surface area contributed by atoms with Crippen molar-refractivity contribution in [2.45, 2.75) is 25.9 Å². The van der Waals surface area contributed by atoms with E-state index in [2.05, 4.69) is 0 Å². The van der Waals surface area contributed by atoms with E-state index in [9.17, 15) is 18.4 Å². The minimum absolute atomic E-state index is 0.0287. The lowest BCUT2D eigenvalue weighted by atomic mass is 10.1. The van der Waals surface area contributed by atoms with Crippen molar-refractivity contribution in [1.82, 2.24) is 0 Å². The van der Waals surface area contributed by atoms with Gasteiger partial charge in [-0.05, 0) is 43.3 Å². The summed E-state index contributed by atoms with van der Waals surface area (Å²) in [6, 6.07) is 9.37. The number of halogens is 3. The summed E-state index contributed by atoms with van der Waals surface area (Å²) in [7, 11) is 0.